The summed E-state index contributed by atoms with van der Waals surface area (Å²) in [5, 5.41) is 1.77. The van der Waals surface area contributed by atoms with Gasteiger partial charge in [-0.2, -0.15) is 13.2 Å². The van der Waals surface area contributed by atoms with Gasteiger partial charge >= 0.3 is 6.18 Å². The predicted molar refractivity (Wildman–Crippen MR) is 60.2 cm³/mol. The minimum Gasteiger partial charge on any atom is -0.166 e. The van der Waals surface area contributed by atoms with E-state index in [1.165, 1.54) is 6.42 Å². The van der Waals surface area contributed by atoms with Gasteiger partial charge in [-0.25, -0.2) is 0 Å². The van der Waals surface area contributed by atoms with Crippen LogP contribution in [0.1, 0.15) is 11.1 Å². The van der Waals surface area contributed by atoms with Crippen LogP contribution in [0.25, 0.3) is 16.8 Å². The third-order valence-corrected chi connectivity index (χ3v) is 2.84. The van der Waals surface area contributed by atoms with E-state index in [-0.39, 0.29) is 0 Å². The SMILES string of the molecule is FC(F)(F)C1=Cc2[c]ccc3cccc(c23)[CH]1. The topological polar surface area (TPSA) is 0 Å². The Morgan fingerprint density at radius 3 is 2.65 bits per heavy atom. The van der Waals surface area contributed by atoms with Crippen LogP contribution in [0.15, 0.2) is 35.9 Å². The lowest BCUT2D eigenvalue weighted by molar-refractivity contribution is -0.0886. The average molecular weight is 232 g/mol. The maximum absolute atomic E-state index is 12.7. The van der Waals surface area contributed by atoms with Crippen LogP contribution in [0.3, 0.4) is 0 Å². The van der Waals surface area contributed by atoms with Gasteiger partial charge in [-0.15, -0.1) is 0 Å². The fourth-order valence-corrected chi connectivity index (χ4v) is 2.09. The Morgan fingerprint density at radius 2 is 1.88 bits per heavy atom. The standard InChI is InChI=1S/C14H7F3/c15-14(16,17)12-7-10-5-1-3-9-4-2-6-11(8-12)13(9)10/h1-5,7-8H. The summed E-state index contributed by atoms with van der Waals surface area (Å²) in [6.07, 6.45) is -1.98. The second-order valence-electron chi connectivity index (χ2n) is 3.94. The van der Waals surface area contributed by atoms with Crippen LogP contribution in [0.2, 0.25) is 0 Å². The molecule has 3 heteroatoms. The molecule has 0 saturated heterocycles. The largest absolute Gasteiger partial charge is 0.413 e. The molecule has 0 aliphatic heterocycles. The molecule has 0 saturated carbocycles. The molecule has 84 valence electrons. The highest BCUT2D eigenvalue weighted by Gasteiger charge is 2.35. The van der Waals surface area contributed by atoms with Crippen LogP contribution >= 0.6 is 0 Å². The Hall–Kier alpha value is -1.77. The van der Waals surface area contributed by atoms with Gasteiger partial charge in [0.25, 0.3) is 0 Å². The quantitative estimate of drug-likeness (QED) is 0.640. The summed E-state index contributed by atoms with van der Waals surface area (Å²) < 4.78 is 38.1. The molecule has 0 unspecified atom stereocenters. The van der Waals surface area contributed by atoms with E-state index < -0.39 is 11.7 Å². The lowest BCUT2D eigenvalue weighted by Crippen LogP contribution is -2.14. The molecule has 1 aliphatic rings. The van der Waals surface area contributed by atoms with Crippen LogP contribution < -0.4 is 0 Å². The number of hydrogen-bond donors (Lipinski definition) is 0. The number of halogens is 3. The predicted octanol–water partition coefficient (Wildman–Crippen LogP) is 4.15. The summed E-state index contributed by atoms with van der Waals surface area (Å²) in [7, 11) is 0. The molecule has 17 heavy (non-hydrogen) atoms. The molecule has 1 aliphatic carbocycles. The number of rotatable bonds is 0. The highest BCUT2D eigenvalue weighted by Crippen LogP contribution is 2.38. The number of alkyl halides is 3. The van der Waals surface area contributed by atoms with E-state index in [9.17, 15) is 13.2 Å². The van der Waals surface area contributed by atoms with E-state index in [0.29, 0.717) is 11.1 Å². The fourth-order valence-electron chi connectivity index (χ4n) is 2.09. The molecule has 2 aromatic rings. The summed E-state index contributed by atoms with van der Waals surface area (Å²) in [6.45, 7) is 0. The molecule has 2 radical (unpaired) electrons. The van der Waals surface area contributed by atoms with Crippen LogP contribution in [0.5, 0.6) is 0 Å². The average Bonchev–Trinajstić information content (AvgIpc) is 2.28. The van der Waals surface area contributed by atoms with E-state index in [2.05, 4.69) is 6.07 Å². The summed E-state index contributed by atoms with van der Waals surface area (Å²) in [6, 6.07) is 11.7. The third-order valence-electron chi connectivity index (χ3n) is 2.84. The highest BCUT2D eigenvalue weighted by molar-refractivity contribution is 5.97. The van der Waals surface area contributed by atoms with Crippen molar-refractivity contribution in [1.29, 1.82) is 0 Å². The van der Waals surface area contributed by atoms with E-state index >= 15 is 0 Å². The monoisotopic (exact) mass is 232 g/mol. The number of allylic oxidation sites excluding steroid dienone is 1. The number of hydrogen-bond acceptors (Lipinski definition) is 0. The van der Waals surface area contributed by atoms with Gasteiger partial charge in [0.1, 0.15) is 0 Å². The first-order chi connectivity index (χ1) is 8.05. The zero-order chi connectivity index (χ0) is 12.0. The van der Waals surface area contributed by atoms with Gasteiger partial charge in [0.05, 0.1) is 0 Å². The Balaban J connectivity index is 2.30. The van der Waals surface area contributed by atoms with Gasteiger partial charge in [-0.1, -0.05) is 30.3 Å². The molecule has 0 nitrogen and oxygen atoms in total. The molecule has 0 aromatic heterocycles. The fraction of sp³-hybridized carbons (Fsp3) is 0.0714. The van der Waals surface area contributed by atoms with Crippen molar-refractivity contribution in [2.24, 2.45) is 0 Å². The Labute approximate surface area is 96.4 Å². The molecule has 0 atom stereocenters. The van der Waals surface area contributed by atoms with Crippen molar-refractivity contribution >= 4 is 16.8 Å². The van der Waals surface area contributed by atoms with E-state index in [1.54, 1.807) is 18.2 Å². The second kappa shape index (κ2) is 3.36. The lowest BCUT2D eigenvalue weighted by atomic mass is 9.89. The molecular weight excluding hydrogens is 225 g/mol. The zero-order valence-corrected chi connectivity index (χ0v) is 8.68. The van der Waals surface area contributed by atoms with Gasteiger partial charge in [0, 0.05) is 12.0 Å². The normalized spacial score (nSPS) is 14.9. The summed E-state index contributed by atoms with van der Waals surface area (Å²) in [5.41, 5.74) is 0.483. The number of benzene rings is 2. The van der Waals surface area contributed by atoms with Crippen LogP contribution in [-0.4, -0.2) is 6.18 Å². The van der Waals surface area contributed by atoms with Crippen molar-refractivity contribution in [2.45, 2.75) is 6.18 Å². The second-order valence-corrected chi connectivity index (χ2v) is 3.94. The van der Waals surface area contributed by atoms with Crippen molar-refractivity contribution in [3.63, 3.8) is 0 Å². The van der Waals surface area contributed by atoms with Gasteiger partial charge in [-0.3, -0.25) is 0 Å². The third kappa shape index (κ3) is 1.62. The van der Waals surface area contributed by atoms with Crippen molar-refractivity contribution in [3.05, 3.63) is 59.5 Å². The molecule has 0 amide bonds. The highest BCUT2D eigenvalue weighted by atomic mass is 19.4. The first kappa shape index (κ1) is 10.4. The smallest absolute Gasteiger partial charge is 0.166 e. The maximum Gasteiger partial charge on any atom is 0.413 e. The Kier molecular flexibility index (Phi) is 2.05. The lowest BCUT2D eigenvalue weighted by Gasteiger charge is -2.19. The molecular formula is C14H7F3. The van der Waals surface area contributed by atoms with Crippen molar-refractivity contribution in [3.8, 4) is 0 Å². The zero-order valence-electron chi connectivity index (χ0n) is 8.68. The summed E-state index contributed by atoms with van der Waals surface area (Å²) in [5.74, 6) is 0. The van der Waals surface area contributed by atoms with Crippen molar-refractivity contribution < 1.29 is 13.2 Å². The van der Waals surface area contributed by atoms with Gasteiger partial charge in [0.15, 0.2) is 0 Å². The first-order valence-electron chi connectivity index (χ1n) is 5.13. The maximum atomic E-state index is 12.7. The van der Waals surface area contributed by atoms with E-state index in [1.807, 2.05) is 12.1 Å². The first-order valence-corrected chi connectivity index (χ1v) is 5.13. The van der Waals surface area contributed by atoms with E-state index in [4.69, 9.17) is 0 Å². The molecule has 0 N–H and O–H groups in total. The van der Waals surface area contributed by atoms with Crippen molar-refractivity contribution in [1.82, 2.24) is 0 Å². The van der Waals surface area contributed by atoms with Crippen LogP contribution in [0.4, 0.5) is 13.2 Å². The molecule has 0 bridgehead atoms. The van der Waals surface area contributed by atoms with Gasteiger partial charge < -0.3 is 0 Å². The Bertz CT molecular complexity index is 616. The molecule has 0 fully saturated rings. The van der Waals surface area contributed by atoms with Crippen LogP contribution in [-0.2, 0) is 0 Å². The summed E-state index contributed by atoms with van der Waals surface area (Å²) >= 11 is 0. The molecule has 3 rings (SSSR count). The van der Waals surface area contributed by atoms with Crippen molar-refractivity contribution in [2.75, 3.05) is 0 Å². The van der Waals surface area contributed by atoms with E-state index in [0.717, 1.165) is 16.8 Å². The molecule has 0 spiro atoms. The molecule has 0 heterocycles. The van der Waals surface area contributed by atoms with Gasteiger partial charge in [0.2, 0.25) is 0 Å². The van der Waals surface area contributed by atoms with Crippen LogP contribution in [0, 0.1) is 12.5 Å². The summed E-state index contributed by atoms with van der Waals surface area (Å²) in [4.78, 5) is 0. The molecule has 2 aromatic carbocycles. The Morgan fingerprint density at radius 1 is 1.06 bits per heavy atom. The van der Waals surface area contributed by atoms with Gasteiger partial charge in [-0.05, 0) is 34.0 Å². The minimum atomic E-state index is -4.32. The minimum absolute atomic E-state index is 0.507.